The minimum atomic E-state index is 0.836. The summed E-state index contributed by atoms with van der Waals surface area (Å²) < 4.78 is 1.10. The van der Waals surface area contributed by atoms with Crippen molar-refractivity contribution in [2.24, 2.45) is 0 Å². The zero-order chi connectivity index (χ0) is 13.1. The zero-order valence-corrected chi connectivity index (χ0v) is 12.0. The Morgan fingerprint density at radius 3 is 2.37 bits per heavy atom. The van der Waals surface area contributed by atoms with Crippen LogP contribution in [-0.2, 0) is 6.54 Å². The van der Waals surface area contributed by atoms with Crippen molar-refractivity contribution in [3.05, 3.63) is 76.8 Å². The van der Waals surface area contributed by atoms with Crippen molar-refractivity contribution in [2.75, 3.05) is 5.32 Å². The minimum Gasteiger partial charge on any atom is -0.381 e. The molecular formula is C17H14BrN. The van der Waals surface area contributed by atoms with Crippen LogP contribution in [0, 0.1) is 0 Å². The molecule has 2 heteroatoms. The fourth-order valence-electron chi connectivity index (χ4n) is 2.21. The van der Waals surface area contributed by atoms with Gasteiger partial charge in [-0.2, -0.15) is 0 Å². The summed E-state index contributed by atoms with van der Waals surface area (Å²) in [5.74, 6) is 0. The lowest BCUT2D eigenvalue weighted by Gasteiger charge is -2.09. The first kappa shape index (κ1) is 12.2. The summed E-state index contributed by atoms with van der Waals surface area (Å²) in [7, 11) is 0. The second-order valence-corrected chi connectivity index (χ2v) is 5.41. The van der Waals surface area contributed by atoms with Gasteiger partial charge in [-0.1, -0.05) is 58.4 Å². The first-order valence-electron chi connectivity index (χ1n) is 6.29. The van der Waals surface area contributed by atoms with Gasteiger partial charge in [0.05, 0.1) is 0 Å². The van der Waals surface area contributed by atoms with Crippen LogP contribution in [0.5, 0.6) is 0 Å². The molecule has 19 heavy (non-hydrogen) atoms. The Kier molecular flexibility index (Phi) is 3.51. The van der Waals surface area contributed by atoms with Crippen molar-refractivity contribution in [2.45, 2.75) is 6.54 Å². The predicted molar refractivity (Wildman–Crippen MR) is 85.4 cm³/mol. The van der Waals surface area contributed by atoms with Crippen LogP contribution in [0.15, 0.2) is 71.2 Å². The van der Waals surface area contributed by atoms with Crippen LogP contribution >= 0.6 is 15.9 Å². The number of benzene rings is 3. The number of anilines is 1. The molecule has 1 nitrogen and oxygen atoms in total. The molecule has 0 radical (unpaired) electrons. The van der Waals surface area contributed by atoms with E-state index in [0.717, 1.165) is 16.7 Å². The molecule has 0 aliphatic rings. The molecule has 0 unspecified atom stereocenters. The van der Waals surface area contributed by atoms with Crippen molar-refractivity contribution in [1.82, 2.24) is 0 Å². The molecule has 94 valence electrons. The van der Waals surface area contributed by atoms with Crippen LogP contribution in [0.3, 0.4) is 0 Å². The molecule has 0 bridgehead atoms. The lowest BCUT2D eigenvalue weighted by molar-refractivity contribution is 1.17. The van der Waals surface area contributed by atoms with E-state index in [2.05, 4.69) is 75.8 Å². The summed E-state index contributed by atoms with van der Waals surface area (Å²) in [6.45, 7) is 0.836. The molecule has 3 rings (SSSR count). The number of fused-ring (bicyclic) bond motifs is 1. The van der Waals surface area contributed by atoms with E-state index >= 15 is 0 Å². The van der Waals surface area contributed by atoms with Crippen LogP contribution in [0.4, 0.5) is 5.69 Å². The third-order valence-corrected chi connectivity index (χ3v) is 3.74. The Hall–Kier alpha value is -1.80. The summed E-state index contributed by atoms with van der Waals surface area (Å²) in [5, 5.41) is 6.06. The van der Waals surface area contributed by atoms with E-state index in [-0.39, 0.29) is 0 Å². The largest absolute Gasteiger partial charge is 0.381 e. The lowest BCUT2D eigenvalue weighted by atomic mass is 10.0. The summed E-state index contributed by atoms with van der Waals surface area (Å²) >= 11 is 3.45. The molecule has 0 saturated carbocycles. The highest BCUT2D eigenvalue weighted by Crippen LogP contribution is 2.20. The SMILES string of the molecule is Brc1ccc(NCc2cccc3ccccc23)cc1. The monoisotopic (exact) mass is 311 g/mol. The molecule has 0 aliphatic carbocycles. The molecule has 0 fully saturated rings. The van der Waals surface area contributed by atoms with Crippen LogP contribution in [0.1, 0.15) is 5.56 Å². The normalized spacial score (nSPS) is 10.6. The summed E-state index contributed by atoms with van der Waals surface area (Å²) in [6, 6.07) is 23.2. The Morgan fingerprint density at radius 2 is 1.53 bits per heavy atom. The molecule has 0 aliphatic heterocycles. The Bertz CT molecular complexity index is 684. The molecule has 0 aromatic heterocycles. The van der Waals surface area contributed by atoms with Gasteiger partial charge in [0.15, 0.2) is 0 Å². The van der Waals surface area contributed by atoms with Gasteiger partial charge in [-0.05, 0) is 40.6 Å². The average molecular weight is 312 g/mol. The quantitative estimate of drug-likeness (QED) is 0.699. The topological polar surface area (TPSA) is 12.0 Å². The van der Waals surface area contributed by atoms with Crippen LogP contribution in [0.2, 0.25) is 0 Å². The second kappa shape index (κ2) is 5.45. The van der Waals surface area contributed by atoms with E-state index in [4.69, 9.17) is 0 Å². The number of halogens is 1. The highest BCUT2D eigenvalue weighted by molar-refractivity contribution is 9.10. The van der Waals surface area contributed by atoms with Gasteiger partial charge in [0.25, 0.3) is 0 Å². The van der Waals surface area contributed by atoms with Crippen molar-refractivity contribution in [3.63, 3.8) is 0 Å². The molecule has 3 aromatic rings. The average Bonchev–Trinajstić information content (AvgIpc) is 2.47. The van der Waals surface area contributed by atoms with Gasteiger partial charge < -0.3 is 5.32 Å². The van der Waals surface area contributed by atoms with Crippen LogP contribution in [-0.4, -0.2) is 0 Å². The maximum absolute atomic E-state index is 3.46. The molecule has 3 aromatic carbocycles. The molecule has 0 saturated heterocycles. The third kappa shape index (κ3) is 2.79. The minimum absolute atomic E-state index is 0.836. The third-order valence-electron chi connectivity index (χ3n) is 3.21. The highest BCUT2D eigenvalue weighted by atomic mass is 79.9. The van der Waals surface area contributed by atoms with Gasteiger partial charge in [-0.15, -0.1) is 0 Å². The molecule has 0 amide bonds. The second-order valence-electron chi connectivity index (χ2n) is 4.50. The predicted octanol–water partition coefficient (Wildman–Crippen LogP) is 5.21. The van der Waals surface area contributed by atoms with Crippen molar-refractivity contribution in [1.29, 1.82) is 0 Å². The van der Waals surface area contributed by atoms with Crippen molar-refractivity contribution in [3.8, 4) is 0 Å². The molecule has 0 atom stereocenters. The van der Waals surface area contributed by atoms with Gasteiger partial charge >= 0.3 is 0 Å². The van der Waals surface area contributed by atoms with Gasteiger partial charge in [0.2, 0.25) is 0 Å². The fraction of sp³-hybridized carbons (Fsp3) is 0.0588. The van der Waals surface area contributed by atoms with Crippen molar-refractivity contribution < 1.29 is 0 Å². The Balaban J connectivity index is 1.84. The maximum Gasteiger partial charge on any atom is 0.0406 e. The van der Waals surface area contributed by atoms with Gasteiger partial charge in [0, 0.05) is 16.7 Å². The standard InChI is InChI=1S/C17H14BrN/c18-15-8-10-16(11-9-15)19-12-14-6-3-5-13-4-1-2-7-17(13)14/h1-11,19H,12H2. The van der Waals surface area contributed by atoms with Gasteiger partial charge in [-0.25, -0.2) is 0 Å². The van der Waals surface area contributed by atoms with Crippen molar-refractivity contribution >= 4 is 32.4 Å². The van der Waals surface area contributed by atoms with Gasteiger partial charge in [0.1, 0.15) is 0 Å². The summed E-state index contributed by atoms with van der Waals surface area (Å²) in [6.07, 6.45) is 0. The lowest BCUT2D eigenvalue weighted by Crippen LogP contribution is -1.99. The van der Waals surface area contributed by atoms with E-state index in [9.17, 15) is 0 Å². The zero-order valence-electron chi connectivity index (χ0n) is 10.4. The van der Waals surface area contributed by atoms with E-state index in [1.165, 1.54) is 16.3 Å². The number of hydrogen-bond donors (Lipinski definition) is 1. The first-order chi connectivity index (χ1) is 9.33. The number of rotatable bonds is 3. The smallest absolute Gasteiger partial charge is 0.0406 e. The van der Waals surface area contributed by atoms with E-state index in [1.807, 2.05) is 12.1 Å². The maximum atomic E-state index is 3.46. The Morgan fingerprint density at radius 1 is 0.789 bits per heavy atom. The highest BCUT2D eigenvalue weighted by Gasteiger charge is 2.00. The molecule has 0 spiro atoms. The van der Waals surface area contributed by atoms with Crippen LogP contribution in [0.25, 0.3) is 10.8 Å². The molecule has 1 N–H and O–H groups in total. The summed E-state index contributed by atoms with van der Waals surface area (Å²) in [5.41, 5.74) is 2.46. The molecular weight excluding hydrogens is 298 g/mol. The van der Waals surface area contributed by atoms with E-state index in [1.54, 1.807) is 0 Å². The van der Waals surface area contributed by atoms with Crippen LogP contribution < -0.4 is 5.32 Å². The summed E-state index contributed by atoms with van der Waals surface area (Å²) in [4.78, 5) is 0. The number of hydrogen-bond acceptors (Lipinski definition) is 1. The van der Waals surface area contributed by atoms with Gasteiger partial charge in [-0.3, -0.25) is 0 Å². The molecule has 0 heterocycles. The first-order valence-corrected chi connectivity index (χ1v) is 7.08. The van der Waals surface area contributed by atoms with E-state index < -0.39 is 0 Å². The number of nitrogens with one attached hydrogen (secondary N) is 1. The van der Waals surface area contributed by atoms with E-state index in [0.29, 0.717) is 0 Å². The fourth-order valence-corrected chi connectivity index (χ4v) is 2.48. The Labute approximate surface area is 121 Å².